The van der Waals surface area contributed by atoms with Crippen molar-refractivity contribution in [3.8, 4) is 0 Å². The molecule has 96 valence electrons. The van der Waals surface area contributed by atoms with Crippen LogP contribution in [0.4, 0.5) is 13.2 Å². The number of hydrogen-bond donors (Lipinski definition) is 1. The van der Waals surface area contributed by atoms with E-state index in [1.165, 1.54) is 0 Å². The Balaban J connectivity index is 2.48. The van der Waals surface area contributed by atoms with Crippen LogP contribution in [0.25, 0.3) is 0 Å². The van der Waals surface area contributed by atoms with Crippen LogP contribution in [0.1, 0.15) is 58.3 Å². The van der Waals surface area contributed by atoms with Crippen molar-refractivity contribution in [1.29, 1.82) is 0 Å². The number of rotatable bonds is 4. The third-order valence-corrected chi connectivity index (χ3v) is 3.53. The van der Waals surface area contributed by atoms with Crippen LogP contribution < -0.4 is 0 Å². The van der Waals surface area contributed by atoms with E-state index in [-0.39, 0.29) is 12.8 Å². The molecule has 1 aliphatic carbocycles. The minimum absolute atomic E-state index is 0.0970. The van der Waals surface area contributed by atoms with Crippen LogP contribution >= 0.6 is 0 Å². The summed E-state index contributed by atoms with van der Waals surface area (Å²) in [6, 6.07) is 0. The average molecular weight is 238 g/mol. The van der Waals surface area contributed by atoms with Gasteiger partial charge in [-0.2, -0.15) is 13.2 Å². The summed E-state index contributed by atoms with van der Waals surface area (Å²) in [6.07, 6.45) is 0.331. The summed E-state index contributed by atoms with van der Waals surface area (Å²) in [5, 5.41) is 10.1. The summed E-state index contributed by atoms with van der Waals surface area (Å²) >= 11 is 0. The van der Waals surface area contributed by atoms with Gasteiger partial charge in [-0.25, -0.2) is 0 Å². The van der Waals surface area contributed by atoms with Gasteiger partial charge in [0.1, 0.15) is 0 Å². The first-order valence-corrected chi connectivity index (χ1v) is 6.16. The van der Waals surface area contributed by atoms with Gasteiger partial charge in [0.2, 0.25) is 0 Å². The number of aliphatic hydroxyl groups is 1. The molecular weight excluding hydrogens is 217 g/mol. The molecule has 2 unspecified atom stereocenters. The highest BCUT2D eigenvalue weighted by molar-refractivity contribution is 4.88. The van der Waals surface area contributed by atoms with E-state index in [0.717, 1.165) is 19.3 Å². The first-order chi connectivity index (χ1) is 7.37. The highest BCUT2D eigenvalue weighted by Gasteiger charge is 2.46. The molecule has 0 heterocycles. The first-order valence-electron chi connectivity index (χ1n) is 6.16. The second-order valence-electron chi connectivity index (χ2n) is 5.02. The fourth-order valence-electron chi connectivity index (χ4n) is 2.55. The molecule has 0 aromatic heterocycles. The molecule has 0 aromatic rings. The zero-order chi connectivity index (χ0) is 12.2. The predicted molar refractivity (Wildman–Crippen MR) is 57.1 cm³/mol. The van der Waals surface area contributed by atoms with Gasteiger partial charge in [0.25, 0.3) is 0 Å². The number of hydrogen-bond acceptors (Lipinski definition) is 1. The van der Waals surface area contributed by atoms with Gasteiger partial charge in [0.05, 0.1) is 11.5 Å². The molecule has 0 spiro atoms. The zero-order valence-electron chi connectivity index (χ0n) is 9.82. The van der Waals surface area contributed by atoms with Crippen LogP contribution in [0.5, 0.6) is 0 Å². The highest BCUT2D eigenvalue weighted by atomic mass is 19.4. The van der Waals surface area contributed by atoms with Gasteiger partial charge < -0.3 is 5.11 Å². The Morgan fingerprint density at radius 2 is 2.00 bits per heavy atom. The van der Waals surface area contributed by atoms with Gasteiger partial charge in [0, 0.05) is 0 Å². The third kappa shape index (κ3) is 3.96. The van der Waals surface area contributed by atoms with E-state index < -0.39 is 17.7 Å². The molecule has 1 fully saturated rings. The molecule has 2 atom stereocenters. The second kappa shape index (κ2) is 5.39. The fourth-order valence-corrected chi connectivity index (χ4v) is 2.55. The molecule has 0 saturated heterocycles. The normalized spacial score (nSPS) is 31.7. The molecule has 0 aliphatic heterocycles. The molecule has 1 N–H and O–H groups in total. The number of unbranched alkanes of at least 4 members (excludes halogenated alkanes) is 2. The molecule has 16 heavy (non-hydrogen) atoms. The summed E-state index contributed by atoms with van der Waals surface area (Å²) in [5.41, 5.74) is -1.06. The van der Waals surface area contributed by atoms with Crippen LogP contribution in [0.15, 0.2) is 0 Å². The standard InChI is InChI=1S/C12H21F3O/c1-2-3-4-7-11(16)8-5-6-10(9-11)12(13,14)15/h10,16H,2-9H2,1H3. The lowest BCUT2D eigenvalue weighted by atomic mass is 9.75. The van der Waals surface area contributed by atoms with E-state index in [2.05, 4.69) is 0 Å². The van der Waals surface area contributed by atoms with Gasteiger partial charge in [0.15, 0.2) is 0 Å². The lowest BCUT2D eigenvalue weighted by Gasteiger charge is -2.37. The monoisotopic (exact) mass is 238 g/mol. The first kappa shape index (κ1) is 13.8. The van der Waals surface area contributed by atoms with Crippen molar-refractivity contribution >= 4 is 0 Å². The highest BCUT2D eigenvalue weighted by Crippen LogP contribution is 2.43. The Labute approximate surface area is 95.0 Å². The van der Waals surface area contributed by atoms with Crippen molar-refractivity contribution < 1.29 is 18.3 Å². The van der Waals surface area contributed by atoms with E-state index >= 15 is 0 Å². The molecule has 1 saturated carbocycles. The Kier molecular flexibility index (Phi) is 4.65. The largest absolute Gasteiger partial charge is 0.391 e. The third-order valence-electron chi connectivity index (χ3n) is 3.53. The molecule has 0 aromatic carbocycles. The van der Waals surface area contributed by atoms with Crippen molar-refractivity contribution in [2.24, 2.45) is 5.92 Å². The zero-order valence-corrected chi connectivity index (χ0v) is 9.82. The number of alkyl halides is 3. The Morgan fingerprint density at radius 3 is 2.56 bits per heavy atom. The molecule has 0 bridgehead atoms. The maximum atomic E-state index is 12.6. The SMILES string of the molecule is CCCCCC1(O)CCCC(C(F)(F)F)C1. The van der Waals surface area contributed by atoms with E-state index in [1.54, 1.807) is 0 Å². The fraction of sp³-hybridized carbons (Fsp3) is 1.00. The van der Waals surface area contributed by atoms with Crippen LogP contribution in [0.3, 0.4) is 0 Å². The molecule has 1 aliphatic rings. The Bertz CT molecular complexity index is 215. The lowest BCUT2D eigenvalue weighted by molar-refractivity contribution is -0.201. The molecule has 0 radical (unpaired) electrons. The van der Waals surface area contributed by atoms with Crippen molar-refractivity contribution in [2.75, 3.05) is 0 Å². The smallest absolute Gasteiger partial charge is 0.390 e. The Hall–Kier alpha value is -0.250. The van der Waals surface area contributed by atoms with Gasteiger partial charge in [-0.15, -0.1) is 0 Å². The van der Waals surface area contributed by atoms with E-state index in [1.807, 2.05) is 6.92 Å². The van der Waals surface area contributed by atoms with Crippen molar-refractivity contribution in [1.82, 2.24) is 0 Å². The summed E-state index contributed by atoms with van der Waals surface area (Å²) in [6.45, 7) is 2.05. The molecule has 1 rings (SSSR count). The quantitative estimate of drug-likeness (QED) is 0.732. The summed E-state index contributed by atoms with van der Waals surface area (Å²) in [7, 11) is 0. The van der Waals surface area contributed by atoms with Gasteiger partial charge in [-0.05, 0) is 32.1 Å². The van der Waals surface area contributed by atoms with Crippen LogP contribution in [-0.2, 0) is 0 Å². The molecule has 0 amide bonds. The molecule has 4 heteroatoms. The number of halogens is 3. The van der Waals surface area contributed by atoms with Crippen LogP contribution in [0.2, 0.25) is 0 Å². The maximum Gasteiger partial charge on any atom is 0.391 e. The van der Waals surface area contributed by atoms with E-state index in [4.69, 9.17) is 0 Å². The summed E-state index contributed by atoms with van der Waals surface area (Å²) in [5.74, 6) is -1.30. The van der Waals surface area contributed by atoms with Crippen LogP contribution in [0, 0.1) is 5.92 Å². The lowest BCUT2D eigenvalue weighted by Crippen LogP contribution is -2.40. The maximum absolute atomic E-state index is 12.6. The van der Waals surface area contributed by atoms with Crippen LogP contribution in [-0.4, -0.2) is 16.9 Å². The Morgan fingerprint density at radius 1 is 1.31 bits per heavy atom. The van der Waals surface area contributed by atoms with Crippen molar-refractivity contribution in [2.45, 2.75) is 70.1 Å². The predicted octanol–water partition coefficient (Wildman–Crippen LogP) is 4.05. The summed E-state index contributed by atoms with van der Waals surface area (Å²) in [4.78, 5) is 0. The van der Waals surface area contributed by atoms with Gasteiger partial charge >= 0.3 is 6.18 Å². The summed E-state index contributed by atoms with van der Waals surface area (Å²) < 4.78 is 37.7. The van der Waals surface area contributed by atoms with Crippen molar-refractivity contribution in [3.63, 3.8) is 0 Å². The van der Waals surface area contributed by atoms with E-state index in [0.29, 0.717) is 19.3 Å². The van der Waals surface area contributed by atoms with Crippen molar-refractivity contribution in [3.05, 3.63) is 0 Å². The second-order valence-corrected chi connectivity index (χ2v) is 5.02. The van der Waals surface area contributed by atoms with E-state index in [9.17, 15) is 18.3 Å². The van der Waals surface area contributed by atoms with Gasteiger partial charge in [-0.3, -0.25) is 0 Å². The average Bonchev–Trinajstić information content (AvgIpc) is 2.16. The van der Waals surface area contributed by atoms with Gasteiger partial charge in [-0.1, -0.05) is 26.2 Å². The topological polar surface area (TPSA) is 20.2 Å². The molecule has 1 nitrogen and oxygen atoms in total. The minimum Gasteiger partial charge on any atom is -0.390 e. The minimum atomic E-state index is -4.14. The molecular formula is C12H21F3O.